The quantitative estimate of drug-likeness (QED) is 0.853. The van der Waals surface area contributed by atoms with Gasteiger partial charge in [0.05, 0.1) is 24.7 Å². The molecule has 0 radical (unpaired) electrons. The average Bonchev–Trinajstić information content (AvgIpc) is 2.95. The van der Waals surface area contributed by atoms with Gasteiger partial charge in [-0.25, -0.2) is 0 Å². The summed E-state index contributed by atoms with van der Waals surface area (Å²) < 4.78 is 5.34. The number of aliphatic hydroxyl groups excluding tert-OH is 1. The fraction of sp³-hybridized carbons (Fsp3) is 0.583. The van der Waals surface area contributed by atoms with Crippen molar-refractivity contribution in [3.63, 3.8) is 0 Å². The van der Waals surface area contributed by atoms with E-state index in [4.69, 9.17) is 4.74 Å². The Balaban J connectivity index is 1.76. The first kappa shape index (κ1) is 12.5. The van der Waals surface area contributed by atoms with Gasteiger partial charge in [0.15, 0.2) is 0 Å². The molecule has 4 nitrogen and oxygen atoms in total. The van der Waals surface area contributed by atoms with E-state index >= 15 is 0 Å². The molecule has 1 fully saturated rings. The number of nitrogens with one attached hydrogen (secondary N) is 1. The van der Waals surface area contributed by atoms with Crippen LogP contribution < -0.4 is 5.32 Å². The molecule has 0 saturated carbocycles. The number of hydrogen-bond acceptors (Lipinski definition) is 4. The van der Waals surface area contributed by atoms with Crippen molar-refractivity contribution >= 4 is 17.2 Å². The van der Waals surface area contributed by atoms with E-state index in [9.17, 15) is 9.90 Å². The van der Waals surface area contributed by atoms with E-state index in [1.165, 1.54) is 11.3 Å². The SMILES string of the molecule is CC1CC(C(=O)NCC(O)c2ccsc2)CO1. The van der Waals surface area contributed by atoms with E-state index in [0.717, 1.165) is 12.0 Å². The third kappa shape index (κ3) is 3.28. The van der Waals surface area contributed by atoms with Crippen LogP contribution >= 0.6 is 11.3 Å². The largest absolute Gasteiger partial charge is 0.387 e. The molecule has 3 unspecified atom stereocenters. The van der Waals surface area contributed by atoms with Crippen molar-refractivity contribution in [3.8, 4) is 0 Å². The number of aliphatic hydroxyl groups is 1. The van der Waals surface area contributed by atoms with Crippen LogP contribution in [0, 0.1) is 5.92 Å². The second-order valence-corrected chi connectivity index (χ2v) is 5.17. The lowest BCUT2D eigenvalue weighted by Gasteiger charge is -2.13. The second-order valence-electron chi connectivity index (χ2n) is 4.39. The molecule has 1 saturated heterocycles. The van der Waals surface area contributed by atoms with Gasteiger partial charge in [0.1, 0.15) is 0 Å². The van der Waals surface area contributed by atoms with Gasteiger partial charge in [-0.2, -0.15) is 11.3 Å². The topological polar surface area (TPSA) is 58.6 Å². The third-order valence-corrected chi connectivity index (χ3v) is 3.67. The Morgan fingerprint density at radius 1 is 1.76 bits per heavy atom. The van der Waals surface area contributed by atoms with Gasteiger partial charge >= 0.3 is 0 Å². The van der Waals surface area contributed by atoms with Gasteiger partial charge < -0.3 is 15.2 Å². The summed E-state index contributed by atoms with van der Waals surface area (Å²) in [6.45, 7) is 2.72. The van der Waals surface area contributed by atoms with Crippen LogP contribution in [0.4, 0.5) is 0 Å². The van der Waals surface area contributed by atoms with E-state index in [0.29, 0.717) is 6.61 Å². The van der Waals surface area contributed by atoms with Crippen LogP contribution in [0.5, 0.6) is 0 Å². The molecule has 0 bridgehead atoms. The Labute approximate surface area is 105 Å². The number of carbonyl (C=O) groups is 1. The molecule has 1 aromatic rings. The van der Waals surface area contributed by atoms with Gasteiger partial charge in [-0.3, -0.25) is 4.79 Å². The second kappa shape index (κ2) is 5.62. The van der Waals surface area contributed by atoms with E-state index < -0.39 is 6.10 Å². The molecule has 17 heavy (non-hydrogen) atoms. The number of carbonyl (C=O) groups excluding carboxylic acids is 1. The van der Waals surface area contributed by atoms with Gasteiger partial charge in [0.2, 0.25) is 5.91 Å². The highest BCUT2D eigenvalue weighted by atomic mass is 32.1. The molecule has 0 aliphatic carbocycles. The Bertz CT molecular complexity index is 366. The normalized spacial score (nSPS) is 25.8. The molecule has 1 amide bonds. The summed E-state index contributed by atoms with van der Waals surface area (Å²) in [5, 5.41) is 16.4. The summed E-state index contributed by atoms with van der Waals surface area (Å²) in [4.78, 5) is 11.8. The number of rotatable bonds is 4. The van der Waals surface area contributed by atoms with E-state index in [1.54, 1.807) is 0 Å². The van der Waals surface area contributed by atoms with Crippen LogP contribution in [0.3, 0.4) is 0 Å². The lowest BCUT2D eigenvalue weighted by molar-refractivity contribution is -0.125. The zero-order valence-electron chi connectivity index (χ0n) is 9.76. The minimum atomic E-state index is -0.620. The first-order valence-corrected chi connectivity index (χ1v) is 6.70. The van der Waals surface area contributed by atoms with Crippen LogP contribution in [-0.2, 0) is 9.53 Å². The van der Waals surface area contributed by atoms with E-state index in [1.807, 2.05) is 23.8 Å². The fourth-order valence-electron chi connectivity index (χ4n) is 1.92. The van der Waals surface area contributed by atoms with Crippen molar-refractivity contribution in [1.29, 1.82) is 0 Å². The predicted octanol–water partition coefficient (Wildman–Crippen LogP) is 1.32. The standard InChI is InChI=1S/C12H17NO3S/c1-8-4-10(6-16-8)12(15)13-5-11(14)9-2-3-17-7-9/h2-3,7-8,10-11,14H,4-6H2,1H3,(H,13,15). The highest BCUT2D eigenvalue weighted by Gasteiger charge is 2.28. The molecule has 1 aliphatic rings. The number of amides is 1. The minimum absolute atomic E-state index is 0.0244. The summed E-state index contributed by atoms with van der Waals surface area (Å²) >= 11 is 1.54. The molecule has 2 heterocycles. The molecular weight excluding hydrogens is 238 g/mol. The van der Waals surface area contributed by atoms with Crippen LogP contribution in [-0.4, -0.2) is 30.3 Å². The van der Waals surface area contributed by atoms with Crippen LogP contribution in [0.15, 0.2) is 16.8 Å². The molecule has 2 N–H and O–H groups in total. The van der Waals surface area contributed by atoms with Gasteiger partial charge in [0.25, 0.3) is 0 Å². The Kier molecular flexibility index (Phi) is 4.15. The average molecular weight is 255 g/mol. The van der Waals surface area contributed by atoms with Gasteiger partial charge in [-0.05, 0) is 35.7 Å². The first-order chi connectivity index (χ1) is 8.16. The van der Waals surface area contributed by atoms with Gasteiger partial charge in [0, 0.05) is 6.54 Å². The summed E-state index contributed by atoms with van der Waals surface area (Å²) in [6.07, 6.45) is 0.304. The van der Waals surface area contributed by atoms with Crippen LogP contribution in [0.1, 0.15) is 25.0 Å². The molecule has 1 aliphatic heterocycles. The molecule has 2 rings (SSSR count). The zero-order chi connectivity index (χ0) is 12.3. The molecule has 94 valence electrons. The van der Waals surface area contributed by atoms with E-state index in [2.05, 4.69) is 5.32 Å². The lowest BCUT2D eigenvalue weighted by atomic mass is 10.1. The van der Waals surface area contributed by atoms with Crippen molar-refractivity contribution in [1.82, 2.24) is 5.32 Å². The Hall–Kier alpha value is -0.910. The lowest BCUT2D eigenvalue weighted by Crippen LogP contribution is -2.34. The van der Waals surface area contributed by atoms with Crippen molar-refractivity contribution in [2.45, 2.75) is 25.6 Å². The maximum atomic E-state index is 11.8. The summed E-state index contributed by atoms with van der Waals surface area (Å²) in [5.41, 5.74) is 0.853. The molecule has 0 aromatic carbocycles. The third-order valence-electron chi connectivity index (χ3n) is 2.97. The first-order valence-electron chi connectivity index (χ1n) is 5.76. The fourth-order valence-corrected chi connectivity index (χ4v) is 2.63. The number of ether oxygens (including phenoxy) is 1. The van der Waals surface area contributed by atoms with Crippen LogP contribution in [0.2, 0.25) is 0 Å². The van der Waals surface area contributed by atoms with Crippen LogP contribution in [0.25, 0.3) is 0 Å². The summed E-state index contributed by atoms with van der Waals surface area (Å²) in [7, 11) is 0. The Morgan fingerprint density at radius 2 is 2.59 bits per heavy atom. The van der Waals surface area contributed by atoms with Gasteiger partial charge in [-0.1, -0.05) is 0 Å². The summed E-state index contributed by atoms with van der Waals surface area (Å²) in [5.74, 6) is -0.0942. The highest BCUT2D eigenvalue weighted by molar-refractivity contribution is 7.07. The summed E-state index contributed by atoms with van der Waals surface area (Å²) in [6, 6.07) is 1.86. The van der Waals surface area contributed by atoms with Crippen molar-refractivity contribution in [2.75, 3.05) is 13.2 Å². The zero-order valence-corrected chi connectivity index (χ0v) is 10.6. The van der Waals surface area contributed by atoms with Crippen molar-refractivity contribution < 1.29 is 14.6 Å². The maximum absolute atomic E-state index is 11.8. The molecule has 3 atom stereocenters. The number of hydrogen-bond donors (Lipinski definition) is 2. The smallest absolute Gasteiger partial charge is 0.225 e. The number of thiophene rings is 1. The monoisotopic (exact) mass is 255 g/mol. The maximum Gasteiger partial charge on any atom is 0.225 e. The molecule has 0 spiro atoms. The minimum Gasteiger partial charge on any atom is -0.387 e. The van der Waals surface area contributed by atoms with Crippen molar-refractivity contribution in [3.05, 3.63) is 22.4 Å². The molecule has 1 aromatic heterocycles. The Morgan fingerprint density at radius 3 is 3.18 bits per heavy atom. The molecular formula is C12H17NO3S. The van der Waals surface area contributed by atoms with E-state index in [-0.39, 0.29) is 24.5 Å². The van der Waals surface area contributed by atoms with Gasteiger partial charge in [-0.15, -0.1) is 0 Å². The van der Waals surface area contributed by atoms with Crippen molar-refractivity contribution in [2.24, 2.45) is 5.92 Å². The molecule has 5 heteroatoms. The highest BCUT2D eigenvalue weighted by Crippen LogP contribution is 2.20. The predicted molar refractivity (Wildman–Crippen MR) is 65.8 cm³/mol.